The van der Waals surface area contributed by atoms with Crippen molar-refractivity contribution in [2.24, 2.45) is 0 Å². The number of hydrogen-bond donors (Lipinski definition) is 2. The number of hydrogen-bond acceptors (Lipinski definition) is 4. The van der Waals surface area contributed by atoms with E-state index >= 15 is 0 Å². The number of oxazole rings is 1. The first-order chi connectivity index (χ1) is 7.39. The summed E-state index contributed by atoms with van der Waals surface area (Å²) in [4.78, 5) is 15.0. The Hall–Kier alpha value is -1.88. The van der Waals surface area contributed by atoms with Gasteiger partial charge in [-0.1, -0.05) is 6.07 Å². The van der Waals surface area contributed by atoms with Gasteiger partial charge in [-0.3, -0.25) is 0 Å². The number of aromatic nitrogens is 1. The molecule has 84 valence electrons. The van der Waals surface area contributed by atoms with Gasteiger partial charge in [-0.25, -0.2) is 9.78 Å². The molecule has 0 bridgehead atoms. The lowest BCUT2D eigenvalue weighted by Crippen LogP contribution is -2.15. The van der Waals surface area contributed by atoms with Crippen molar-refractivity contribution in [3.05, 3.63) is 29.7 Å². The number of carbonyl (C=O) groups is 1. The summed E-state index contributed by atoms with van der Waals surface area (Å²) in [6.07, 6.45) is 0. The number of aromatic carboxylic acids is 1. The number of fused-ring (bicyclic) bond motifs is 1. The second-order valence-corrected chi connectivity index (χ2v) is 4.04. The van der Waals surface area contributed by atoms with Crippen LogP contribution in [0.25, 0.3) is 11.1 Å². The molecule has 0 aliphatic rings. The highest BCUT2D eigenvalue weighted by Gasteiger charge is 2.24. The zero-order valence-electron chi connectivity index (χ0n) is 8.89. The molecule has 1 heterocycles. The molecule has 0 saturated carbocycles. The number of benzene rings is 1. The number of nitrogens with zero attached hydrogens (tertiary/aromatic N) is 1. The van der Waals surface area contributed by atoms with Crippen molar-refractivity contribution in [3.63, 3.8) is 0 Å². The maximum atomic E-state index is 10.9. The summed E-state index contributed by atoms with van der Waals surface area (Å²) < 4.78 is 5.28. The van der Waals surface area contributed by atoms with Crippen LogP contribution in [0.15, 0.2) is 22.6 Å². The van der Waals surface area contributed by atoms with Crippen LogP contribution in [0.4, 0.5) is 0 Å². The minimum absolute atomic E-state index is 0.0421. The fraction of sp³-hybridized carbons (Fsp3) is 0.273. The molecule has 2 rings (SSSR count). The number of aliphatic hydroxyl groups is 1. The van der Waals surface area contributed by atoms with E-state index < -0.39 is 11.6 Å². The van der Waals surface area contributed by atoms with Crippen molar-refractivity contribution in [2.45, 2.75) is 19.4 Å². The molecule has 0 saturated heterocycles. The molecule has 0 aliphatic heterocycles. The van der Waals surface area contributed by atoms with Crippen molar-refractivity contribution in [2.75, 3.05) is 0 Å². The normalized spacial score (nSPS) is 11.9. The summed E-state index contributed by atoms with van der Waals surface area (Å²) in [5.74, 6) is -0.972. The number of rotatable bonds is 2. The third kappa shape index (κ3) is 1.65. The van der Waals surface area contributed by atoms with Gasteiger partial charge in [-0.2, -0.15) is 0 Å². The fourth-order valence-corrected chi connectivity index (χ4v) is 1.38. The van der Waals surface area contributed by atoms with Crippen LogP contribution < -0.4 is 0 Å². The van der Waals surface area contributed by atoms with E-state index in [0.717, 1.165) is 0 Å². The summed E-state index contributed by atoms with van der Waals surface area (Å²) in [7, 11) is 0. The smallest absolute Gasteiger partial charge is 0.339 e. The van der Waals surface area contributed by atoms with Gasteiger partial charge in [0.25, 0.3) is 0 Å². The van der Waals surface area contributed by atoms with Crippen LogP contribution in [0.2, 0.25) is 0 Å². The minimum Gasteiger partial charge on any atom is -0.478 e. The van der Waals surface area contributed by atoms with E-state index in [1.165, 1.54) is 19.9 Å². The summed E-state index contributed by atoms with van der Waals surface area (Å²) in [6.45, 7) is 3.05. The Morgan fingerprint density at radius 1 is 1.44 bits per heavy atom. The number of para-hydroxylation sites is 1. The monoisotopic (exact) mass is 221 g/mol. The Balaban J connectivity index is 2.71. The lowest BCUT2D eigenvalue weighted by Gasteiger charge is -2.10. The first kappa shape index (κ1) is 10.6. The van der Waals surface area contributed by atoms with Crippen LogP contribution in [-0.4, -0.2) is 21.2 Å². The topological polar surface area (TPSA) is 83.6 Å². The zero-order chi connectivity index (χ0) is 11.9. The second kappa shape index (κ2) is 3.31. The zero-order valence-corrected chi connectivity index (χ0v) is 8.89. The van der Waals surface area contributed by atoms with Gasteiger partial charge in [0.1, 0.15) is 16.7 Å². The average Bonchev–Trinajstić information content (AvgIpc) is 2.59. The molecule has 5 nitrogen and oxygen atoms in total. The summed E-state index contributed by atoms with van der Waals surface area (Å²) in [6, 6.07) is 4.66. The molecule has 0 amide bonds. The molecule has 2 N–H and O–H groups in total. The molecule has 1 aromatic carbocycles. The van der Waals surface area contributed by atoms with E-state index in [0.29, 0.717) is 5.52 Å². The lowest BCUT2D eigenvalue weighted by molar-refractivity contribution is 0.0497. The molecule has 2 aromatic rings. The van der Waals surface area contributed by atoms with Crippen molar-refractivity contribution < 1.29 is 19.4 Å². The Labute approximate surface area is 91.3 Å². The molecular formula is C11H11NO4. The molecule has 0 atom stereocenters. The summed E-state index contributed by atoms with van der Waals surface area (Å²) in [5.41, 5.74) is -0.570. The predicted molar refractivity (Wildman–Crippen MR) is 56.2 cm³/mol. The minimum atomic E-state index is -1.23. The molecule has 16 heavy (non-hydrogen) atoms. The highest BCUT2D eigenvalue weighted by molar-refractivity contribution is 5.99. The van der Waals surface area contributed by atoms with Gasteiger partial charge in [0, 0.05) is 0 Å². The Morgan fingerprint density at radius 2 is 2.12 bits per heavy atom. The highest BCUT2D eigenvalue weighted by atomic mass is 16.4. The predicted octanol–water partition coefficient (Wildman–Crippen LogP) is 1.75. The van der Waals surface area contributed by atoms with E-state index in [-0.39, 0.29) is 17.0 Å². The third-order valence-corrected chi connectivity index (χ3v) is 2.17. The van der Waals surface area contributed by atoms with Gasteiger partial charge in [-0.15, -0.1) is 0 Å². The first-order valence-corrected chi connectivity index (χ1v) is 4.75. The SMILES string of the molecule is CC(C)(O)c1nc2cccc(C(=O)O)c2o1. The largest absolute Gasteiger partial charge is 0.478 e. The van der Waals surface area contributed by atoms with E-state index in [1.807, 2.05) is 0 Å². The standard InChI is InChI=1S/C11H11NO4/c1-11(2,15)10-12-7-5-3-4-6(9(13)14)8(7)16-10/h3-5,15H,1-2H3,(H,13,14). The molecule has 0 unspecified atom stereocenters. The maximum absolute atomic E-state index is 10.9. The van der Waals surface area contributed by atoms with Gasteiger partial charge in [0.05, 0.1) is 0 Å². The van der Waals surface area contributed by atoms with Gasteiger partial charge < -0.3 is 14.6 Å². The molecule has 5 heteroatoms. The Bertz CT molecular complexity index is 551. The quantitative estimate of drug-likeness (QED) is 0.807. The molecule has 0 fully saturated rings. The first-order valence-electron chi connectivity index (χ1n) is 4.75. The number of carboxylic acid groups (broad SMARTS) is 1. The van der Waals surface area contributed by atoms with Crippen molar-refractivity contribution in [1.29, 1.82) is 0 Å². The molecule has 1 aromatic heterocycles. The van der Waals surface area contributed by atoms with Crippen LogP contribution >= 0.6 is 0 Å². The van der Waals surface area contributed by atoms with Gasteiger partial charge in [0.15, 0.2) is 5.58 Å². The van der Waals surface area contributed by atoms with E-state index in [1.54, 1.807) is 12.1 Å². The number of carboxylic acids is 1. The van der Waals surface area contributed by atoms with Crippen LogP contribution in [-0.2, 0) is 5.60 Å². The summed E-state index contributed by atoms with van der Waals surface area (Å²) in [5, 5.41) is 18.7. The van der Waals surface area contributed by atoms with Crippen molar-refractivity contribution in [3.8, 4) is 0 Å². The molecule has 0 aliphatic carbocycles. The Morgan fingerprint density at radius 3 is 2.69 bits per heavy atom. The van der Waals surface area contributed by atoms with Crippen LogP contribution in [0, 0.1) is 0 Å². The summed E-state index contributed by atoms with van der Waals surface area (Å²) >= 11 is 0. The molecular weight excluding hydrogens is 210 g/mol. The molecule has 0 radical (unpaired) electrons. The van der Waals surface area contributed by atoms with Crippen LogP contribution in [0.3, 0.4) is 0 Å². The molecule has 0 spiro atoms. The van der Waals surface area contributed by atoms with E-state index in [4.69, 9.17) is 9.52 Å². The van der Waals surface area contributed by atoms with Crippen LogP contribution in [0.1, 0.15) is 30.1 Å². The van der Waals surface area contributed by atoms with E-state index in [9.17, 15) is 9.90 Å². The van der Waals surface area contributed by atoms with E-state index in [2.05, 4.69) is 4.98 Å². The Kier molecular flexibility index (Phi) is 2.20. The van der Waals surface area contributed by atoms with Gasteiger partial charge in [0.2, 0.25) is 5.89 Å². The lowest BCUT2D eigenvalue weighted by atomic mass is 10.1. The maximum Gasteiger partial charge on any atom is 0.339 e. The average molecular weight is 221 g/mol. The van der Waals surface area contributed by atoms with Crippen molar-refractivity contribution in [1.82, 2.24) is 4.98 Å². The van der Waals surface area contributed by atoms with Crippen LogP contribution in [0.5, 0.6) is 0 Å². The van der Waals surface area contributed by atoms with Gasteiger partial charge in [-0.05, 0) is 26.0 Å². The fourth-order valence-electron chi connectivity index (χ4n) is 1.38. The van der Waals surface area contributed by atoms with Crippen molar-refractivity contribution >= 4 is 17.1 Å². The highest BCUT2D eigenvalue weighted by Crippen LogP contribution is 2.26. The second-order valence-electron chi connectivity index (χ2n) is 4.04. The third-order valence-electron chi connectivity index (χ3n) is 2.17. The van der Waals surface area contributed by atoms with Gasteiger partial charge >= 0.3 is 5.97 Å².